The third-order valence-corrected chi connectivity index (χ3v) is 3.51. The highest BCUT2D eigenvalue weighted by atomic mass is 16.5. The van der Waals surface area contributed by atoms with E-state index in [2.05, 4.69) is 53.7 Å². The average Bonchev–Trinajstić information content (AvgIpc) is 2.78. The van der Waals surface area contributed by atoms with Crippen LogP contribution in [0.3, 0.4) is 0 Å². The number of hydrogen-bond acceptors (Lipinski definition) is 2. The van der Waals surface area contributed by atoms with Crippen molar-refractivity contribution >= 4 is 32.4 Å². The number of aromatic nitrogens is 1. The molecule has 0 fully saturated rings. The van der Waals surface area contributed by atoms with Gasteiger partial charge in [-0.15, -0.1) is 0 Å². The summed E-state index contributed by atoms with van der Waals surface area (Å²) in [5.41, 5.74) is 0.954. The molecule has 1 heterocycles. The predicted octanol–water partition coefficient (Wildman–Crippen LogP) is 4.44. The van der Waals surface area contributed by atoms with Gasteiger partial charge in [0.2, 0.25) is 0 Å². The van der Waals surface area contributed by atoms with Gasteiger partial charge >= 0.3 is 0 Å². The smallest absolute Gasteiger partial charge is 0.141 e. The number of benzene rings is 3. The van der Waals surface area contributed by atoms with Gasteiger partial charge < -0.3 is 4.52 Å². The van der Waals surface area contributed by atoms with Crippen LogP contribution in [-0.4, -0.2) is 5.16 Å². The molecule has 4 aromatic rings. The van der Waals surface area contributed by atoms with Crippen molar-refractivity contribution in [3.63, 3.8) is 0 Å². The first-order valence-electron chi connectivity index (χ1n) is 6.00. The van der Waals surface area contributed by atoms with Crippen LogP contribution in [0.25, 0.3) is 32.4 Å². The number of hydrogen-bond donors (Lipinski definition) is 0. The van der Waals surface area contributed by atoms with Crippen molar-refractivity contribution < 1.29 is 4.52 Å². The van der Waals surface area contributed by atoms with Crippen LogP contribution in [0.2, 0.25) is 0 Å². The molecule has 0 aliphatic rings. The maximum atomic E-state index is 5.29. The summed E-state index contributed by atoms with van der Waals surface area (Å²) in [5.74, 6) is 0.875. The summed E-state index contributed by atoms with van der Waals surface area (Å²) in [7, 11) is 0. The Labute approximate surface area is 104 Å². The highest BCUT2D eigenvalue weighted by Gasteiger charge is 2.08. The molecule has 0 bridgehead atoms. The van der Waals surface area contributed by atoms with E-state index in [9.17, 15) is 0 Å². The number of fused-ring (bicyclic) bond motifs is 4. The molecular weight excluding hydrogens is 222 g/mol. The molecule has 0 amide bonds. The Morgan fingerprint density at radius 1 is 0.833 bits per heavy atom. The normalized spacial score (nSPS) is 11.6. The van der Waals surface area contributed by atoms with Gasteiger partial charge in [-0.25, -0.2) is 0 Å². The quantitative estimate of drug-likeness (QED) is 0.419. The Morgan fingerprint density at radius 2 is 1.61 bits per heavy atom. The van der Waals surface area contributed by atoms with Crippen molar-refractivity contribution in [3.05, 3.63) is 54.3 Å². The molecule has 0 radical (unpaired) electrons. The minimum Gasteiger partial charge on any atom is -0.360 e. The van der Waals surface area contributed by atoms with Crippen LogP contribution in [0, 0.1) is 6.92 Å². The standard InChI is InChI=1S/C16H11NO/c1-10-14-7-6-13-8-11-4-2-3-5-12(11)9-15(13)16(14)17-18-10/h2-9H,1H3. The molecular formula is C16H11NO. The Kier molecular flexibility index (Phi) is 1.78. The summed E-state index contributed by atoms with van der Waals surface area (Å²) in [6.07, 6.45) is 0. The molecule has 4 rings (SSSR count). The third kappa shape index (κ3) is 1.20. The molecule has 3 aromatic carbocycles. The minimum absolute atomic E-state index is 0.875. The summed E-state index contributed by atoms with van der Waals surface area (Å²) in [6.45, 7) is 1.95. The number of aryl methyl sites for hydroxylation is 1. The van der Waals surface area contributed by atoms with Gasteiger partial charge in [0.05, 0.1) is 0 Å². The first kappa shape index (κ1) is 9.66. The molecule has 2 heteroatoms. The second-order valence-electron chi connectivity index (χ2n) is 4.62. The third-order valence-electron chi connectivity index (χ3n) is 3.51. The van der Waals surface area contributed by atoms with Crippen molar-refractivity contribution in [2.75, 3.05) is 0 Å². The van der Waals surface area contributed by atoms with Gasteiger partial charge in [0.1, 0.15) is 11.3 Å². The molecule has 1 aromatic heterocycles. The predicted molar refractivity (Wildman–Crippen MR) is 73.8 cm³/mol. The molecule has 0 saturated heterocycles. The highest BCUT2D eigenvalue weighted by Crippen LogP contribution is 2.30. The van der Waals surface area contributed by atoms with E-state index in [-0.39, 0.29) is 0 Å². The number of rotatable bonds is 0. The largest absolute Gasteiger partial charge is 0.360 e. The first-order chi connectivity index (χ1) is 8.83. The summed E-state index contributed by atoms with van der Waals surface area (Å²) >= 11 is 0. The van der Waals surface area contributed by atoms with E-state index < -0.39 is 0 Å². The molecule has 0 aliphatic carbocycles. The van der Waals surface area contributed by atoms with Gasteiger partial charge in [-0.1, -0.05) is 35.5 Å². The van der Waals surface area contributed by atoms with Crippen LogP contribution in [0.4, 0.5) is 0 Å². The van der Waals surface area contributed by atoms with Gasteiger partial charge in [-0.2, -0.15) is 0 Å². The summed E-state index contributed by atoms with van der Waals surface area (Å²) in [4.78, 5) is 0. The van der Waals surface area contributed by atoms with Gasteiger partial charge in [0.25, 0.3) is 0 Å². The molecule has 2 nitrogen and oxygen atoms in total. The van der Waals surface area contributed by atoms with Crippen molar-refractivity contribution in [3.8, 4) is 0 Å². The molecule has 0 unspecified atom stereocenters. The fourth-order valence-corrected chi connectivity index (χ4v) is 2.54. The SMILES string of the molecule is Cc1onc2c1ccc1cc3ccccc3cc12. The second-order valence-corrected chi connectivity index (χ2v) is 4.62. The Morgan fingerprint density at radius 3 is 2.44 bits per heavy atom. The van der Waals surface area contributed by atoms with E-state index in [0.29, 0.717) is 0 Å². The Bertz CT molecular complexity index is 889. The maximum absolute atomic E-state index is 5.29. The lowest BCUT2D eigenvalue weighted by molar-refractivity contribution is 0.406. The zero-order valence-corrected chi connectivity index (χ0v) is 9.97. The Balaban J connectivity index is 2.26. The van der Waals surface area contributed by atoms with E-state index in [1.165, 1.54) is 16.2 Å². The monoisotopic (exact) mass is 233 g/mol. The summed E-state index contributed by atoms with van der Waals surface area (Å²) in [6, 6.07) is 17.0. The van der Waals surface area contributed by atoms with Crippen LogP contribution in [-0.2, 0) is 0 Å². The van der Waals surface area contributed by atoms with Gasteiger partial charge in [0.15, 0.2) is 0 Å². The minimum atomic E-state index is 0.875. The van der Waals surface area contributed by atoms with Crippen molar-refractivity contribution in [2.24, 2.45) is 0 Å². The van der Waals surface area contributed by atoms with Crippen LogP contribution in [0.15, 0.2) is 53.1 Å². The molecule has 0 spiro atoms. The molecule has 0 aliphatic heterocycles. The van der Waals surface area contributed by atoms with Gasteiger partial charge in [-0.05, 0) is 41.3 Å². The van der Waals surface area contributed by atoms with E-state index in [4.69, 9.17) is 4.52 Å². The van der Waals surface area contributed by atoms with Crippen LogP contribution in [0.5, 0.6) is 0 Å². The number of nitrogens with zero attached hydrogens (tertiary/aromatic N) is 1. The van der Waals surface area contributed by atoms with Crippen LogP contribution < -0.4 is 0 Å². The first-order valence-corrected chi connectivity index (χ1v) is 6.00. The molecule has 86 valence electrons. The molecule has 18 heavy (non-hydrogen) atoms. The summed E-state index contributed by atoms with van der Waals surface area (Å²) in [5, 5.41) is 10.1. The average molecular weight is 233 g/mol. The van der Waals surface area contributed by atoms with E-state index in [1.807, 2.05) is 6.92 Å². The fraction of sp³-hybridized carbons (Fsp3) is 0.0625. The topological polar surface area (TPSA) is 26.0 Å². The van der Waals surface area contributed by atoms with Gasteiger partial charge in [0, 0.05) is 10.8 Å². The van der Waals surface area contributed by atoms with E-state index >= 15 is 0 Å². The van der Waals surface area contributed by atoms with Crippen molar-refractivity contribution in [1.29, 1.82) is 0 Å². The van der Waals surface area contributed by atoms with Gasteiger partial charge in [-0.3, -0.25) is 0 Å². The fourth-order valence-electron chi connectivity index (χ4n) is 2.54. The lowest BCUT2D eigenvalue weighted by Gasteiger charge is -2.02. The molecule has 0 saturated carbocycles. The zero-order valence-electron chi connectivity index (χ0n) is 9.97. The lowest BCUT2D eigenvalue weighted by atomic mass is 10.0. The van der Waals surface area contributed by atoms with Crippen LogP contribution in [0.1, 0.15) is 5.76 Å². The zero-order chi connectivity index (χ0) is 12.1. The molecule has 0 N–H and O–H groups in total. The van der Waals surface area contributed by atoms with Crippen molar-refractivity contribution in [1.82, 2.24) is 5.16 Å². The lowest BCUT2D eigenvalue weighted by Crippen LogP contribution is -1.78. The van der Waals surface area contributed by atoms with E-state index in [1.54, 1.807) is 0 Å². The molecule has 0 atom stereocenters. The van der Waals surface area contributed by atoms with E-state index in [0.717, 1.165) is 22.0 Å². The second kappa shape index (κ2) is 3.33. The van der Waals surface area contributed by atoms with Crippen molar-refractivity contribution in [2.45, 2.75) is 6.92 Å². The maximum Gasteiger partial charge on any atom is 0.141 e. The van der Waals surface area contributed by atoms with Crippen LogP contribution >= 0.6 is 0 Å². The highest BCUT2D eigenvalue weighted by molar-refractivity contribution is 6.10. The Hall–Kier alpha value is -2.35. The summed E-state index contributed by atoms with van der Waals surface area (Å²) < 4.78 is 5.29.